The number of nitrogens with zero attached hydrogens (tertiary/aromatic N) is 2. The summed E-state index contributed by atoms with van der Waals surface area (Å²) >= 11 is 0. The highest BCUT2D eigenvalue weighted by atomic mass is 15.2. The molecule has 0 saturated carbocycles. The Morgan fingerprint density at radius 1 is 1.62 bits per heavy atom. The maximum atomic E-state index is 5.55. The molecular weight excluding hydrogens is 164 g/mol. The van der Waals surface area contributed by atoms with Gasteiger partial charge >= 0.3 is 0 Å². The fourth-order valence-corrected chi connectivity index (χ4v) is 1.99. The highest BCUT2D eigenvalue weighted by Gasteiger charge is 2.21. The Morgan fingerprint density at radius 3 is 3.08 bits per heavy atom. The summed E-state index contributed by atoms with van der Waals surface area (Å²) in [5.74, 6) is 0.522. The number of nitrogens with two attached hydrogens (primary N) is 1. The summed E-state index contributed by atoms with van der Waals surface area (Å²) in [7, 11) is 2.15. The number of aromatic nitrogens is 2. The first-order chi connectivity index (χ1) is 6.27. The van der Waals surface area contributed by atoms with E-state index in [1.54, 1.807) is 0 Å². The topological polar surface area (TPSA) is 57.9 Å². The molecule has 4 nitrogen and oxygen atoms in total. The zero-order valence-corrected chi connectivity index (χ0v) is 7.95. The van der Waals surface area contributed by atoms with E-state index >= 15 is 0 Å². The summed E-state index contributed by atoms with van der Waals surface area (Å²) in [6.07, 6.45) is 5.66. The van der Waals surface area contributed by atoms with E-state index in [-0.39, 0.29) is 0 Å². The van der Waals surface area contributed by atoms with E-state index in [4.69, 9.17) is 5.73 Å². The molecule has 1 saturated heterocycles. The molecule has 0 spiro atoms. The Bertz CT molecular complexity index is 281. The van der Waals surface area contributed by atoms with Crippen molar-refractivity contribution in [2.75, 3.05) is 19.3 Å². The van der Waals surface area contributed by atoms with Gasteiger partial charge in [0.1, 0.15) is 0 Å². The van der Waals surface area contributed by atoms with Crippen LogP contribution in [0.2, 0.25) is 0 Å². The Labute approximate surface area is 78.1 Å². The fraction of sp³-hybridized carbons (Fsp3) is 0.667. The average Bonchev–Trinajstić information content (AvgIpc) is 2.53. The summed E-state index contributed by atoms with van der Waals surface area (Å²) < 4.78 is 0. The van der Waals surface area contributed by atoms with Crippen LogP contribution in [0.1, 0.15) is 31.0 Å². The highest BCUT2D eigenvalue weighted by Crippen LogP contribution is 2.28. The van der Waals surface area contributed by atoms with Crippen LogP contribution < -0.4 is 5.73 Å². The molecule has 0 amide bonds. The van der Waals surface area contributed by atoms with Crippen molar-refractivity contribution in [3.05, 3.63) is 11.9 Å². The normalized spacial score (nSPS) is 24.8. The fourth-order valence-electron chi connectivity index (χ4n) is 1.99. The Kier molecular flexibility index (Phi) is 2.22. The molecule has 2 heterocycles. The van der Waals surface area contributed by atoms with Crippen molar-refractivity contribution >= 4 is 5.95 Å². The van der Waals surface area contributed by atoms with E-state index in [9.17, 15) is 0 Å². The first kappa shape index (κ1) is 8.56. The van der Waals surface area contributed by atoms with Gasteiger partial charge in [-0.2, -0.15) is 0 Å². The largest absolute Gasteiger partial charge is 0.369 e. The first-order valence-electron chi connectivity index (χ1n) is 4.78. The zero-order chi connectivity index (χ0) is 9.26. The van der Waals surface area contributed by atoms with Gasteiger partial charge in [-0.15, -0.1) is 0 Å². The smallest absolute Gasteiger partial charge is 0.197 e. The van der Waals surface area contributed by atoms with Gasteiger partial charge in [-0.05, 0) is 26.4 Å². The summed E-state index contributed by atoms with van der Waals surface area (Å²) in [6.45, 7) is 1.17. The summed E-state index contributed by atoms with van der Waals surface area (Å²) in [5, 5.41) is 0. The third kappa shape index (κ3) is 1.67. The lowest BCUT2D eigenvalue weighted by Crippen LogP contribution is -2.29. The van der Waals surface area contributed by atoms with Crippen LogP contribution in [0.4, 0.5) is 5.95 Å². The minimum absolute atomic E-state index is 0.485. The molecule has 1 aromatic heterocycles. The predicted molar refractivity (Wildman–Crippen MR) is 52.2 cm³/mol. The van der Waals surface area contributed by atoms with E-state index in [0.29, 0.717) is 12.0 Å². The molecular formula is C9H16N4. The molecule has 1 aromatic rings. The van der Waals surface area contributed by atoms with E-state index in [1.165, 1.54) is 25.8 Å². The maximum Gasteiger partial charge on any atom is 0.197 e. The maximum absolute atomic E-state index is 5.55. The van der Waals surface area contributed by atoms with Crippen LogP contribution in [0.5, 0.6) is 0 Å². The van der Waals surface area contributed by atoms with Crippen LogP contribution in [0.15, 0.2) is 6.20 Å². The number of imidazole rings is 1. The number of anilines is 1. The van der Waals surface area contributed by atoms with E-state index in [1.807, 2.05) is 6.20 Å². The third-order valence-corrected chi connectivity index (χ3v) is 2.74. The molecule has 0 aliphatic carbocycles. The van der Waals surface area contributed by atoms with Crippen molar-refractivity contribution < 1.29 is 0 Å². The summed E-state index contributed by atoms with van der Waals surface area (Å²) in [4.78, 5) is 9.48. The lowest BCUT2D eigenvalue weighted by atomic mass is 10.0. The monoisotopic (exact) mass is 180 g/mol. The number of nitrogen functional groups attached to an aromatic ring is 1. The molecule has 72 valence electrons. The lowest BCUT2D eigenvalue weighted by Gasteiger charge is -2.31. The van der Waals surface area contributed by atoms with Crippen LogP contribution in [0.25, 0.3) is 0 Å². The zero-order valence-electron chi connectivity index (χ0n) is 7.95. The molecule has 1 fully saturated rings. The van der Waals surface area contributed by atoms with Crippen molar-refractivity contribution in [1.29, 1.82) is 0 Å². The molecule has 1 atom stereocenters. The minimum atomic E-state index is 0.485. The van der Waals surface area contributed by atoms with E-state index in [2.05, 4.69) is 21.9 Å². The average molecular weight is 180 g/mol. The Morgan fingerprint density at radius 2 is 2.46 bits per heavy atom. The molecule has 13 heavy (non-hydrogen) atoms. The van der Waals surface area contributed by atoms with Crippen LogP contribution >= 0.6 is 0 Å². The van der Waals surface area contributed by atoms with Crippen LogP contribution in [-0.4, -0.2) is 28.5 Å². The van der Waals surface area contributed by atoms with Gasteiger partial charge in [-0.1, -0.05) is 6.42 Å². The Balaban J connectivity index is 2.14. The Hall–Kier alpha value is -1.03. The van der Waals surface area contributed by atoms with Crippen molar-refractivity contribution in [3.8, 4) is 0 Å². The van der Waals surface area contributed by atoms with Gasteiger partial charge in [0.25, 0.3) is 0 Å². The molecule has 1 unspecified atom stereocenters. The second-order valence-electron chi connectivity index (χ2n) is 3.72. The molecule has 0 aromatic carbocycles. The van der Waals surface area contributed by atoms with Gasteiger partial charge in [-0.25, -0.2) is 4.98 Å². The summed E-state index contributed by atoms with van der Waals surface area (Å²) in [6, 6.07) is 0.485. The van der Waals surface area contributed by atoms with Crippen molar-refractivity contribution in [2.24, 2.45) is 0 Å². The van der Waals surface area contributed by atoms with Gasteiger partial charge in [0.2, 0.25) is 0 Å². The quantitative estimate of drug-likeness (QED) is 0.681. The van der Waals surface area contributed by atoms with Gasteiger partial charge < -0.3 is 10.7 Å². The van der Waals surface area contributed by atoms with Gasteiger partial charge in [-0.3, -0.25) is 4.90 Å². The van der Waals surface area contributed by atoms with Crippen LogP contribution in [0, 0.1) is 0 Å². The molecule has 0 bridgehead atoms. The second-order valence-corrected chi connectivity index (χ2v) is 3.72. The van der Waals surface area contributed by atoms with E-state index in [0.717, 1.165) is 5.69 Å². The number of aromatic amines is 1. The van der Waals surface area contributed by atoms with Gasteiger partial charge in [0.15, 0.2) is 5.95 Å². The van der Waals surface area contributed by atoms with Crippen molar-refractivity contribution in [1.82, 2.24) is 14.9 Å². The molecule has 2 rings (SSSR count). The van der Waals surface area contributed by atoms with Gasteiger partial charge in [0, 0.05) is 0 Å². The highest BCUT2D eigenvalue weighted by molar-refractivity contribution is 5.20. The number of rotatable bonds is 1. The predicted octanol–water partition coefficient (Wildman–Crippen LogP) is 1.15. The standard InChI is InChI=1S/C9H16N4/c1-13-5-3-2-4-8(13)7-6-11-9(10)12-7/h6,8H,2-5H2,1H3,(H3,10,11,12). The number of piperidine rings is 1. The van der Waals surface area contributed by atoms with Crippen molar-refractivity contribution in [3.63, 3.8) is 0 Å². The molecule has 4 heteroatoms. The van der Waals surface area contributed by atoms with Crippen molar-refractivity contribution in [2.45, 2.75) is 25.3 Å². The van der Waals surface area contributed by atoms with Gasteiger partial charge in [0.05, 0.1) is 17.9 Å². The number of nitrogens with one attached hydrogen (secondary N) is 1. The number of hydrogen-bond acceptors (Lipinski definition) is 3. The number of H-pyrrole nitrogens is 1. The number of hydrogen-bond donors (Lipinski definition) is 2. The summed E-state index contributed by atoms with van der Waals surface area (Å²) in [5.41, 5.74) is 6.70. The third-order valence-electron chi connectivity index (χ3n) is 2.74. The molecule has 1 aliphatic rings. The molecule has 0 radical (unpaired) electrons. The first-order valence-corrected chi connectivity index (χ1v) is 4.78. The lowest BCUT2D eigenvalue weighted by molar-refractivity contribution is 0.184. The second kappa shape index (κ2) is 3.38. The minimum Gasteiger partial charge on any atom is -0.369 e. The molecule has 3 N–H and O–H groups in total. The van der Waals surface area contributed by atoms with Crippen LogP contribution in [-0.2, 0) is 0 Å². The van der Waals surface area contributed by atoms with E-state index < -0.39 is 0 Å². The SMILES string of the molecule is CN1CCCCC1c1cnc(N)[nH]1. The van der Waals surface area contributed by atoms with Crippen LogP contribution in [0.3, 0.4) is 0 Å². The molecule has 1 aliphatic heterocycles. The number of likely N-dealkylation sites (tertiary alicyclic amines) is 1.